The molecule has 0 amide bonds. The molecule has 1 saturated heterocycles. The van der Waals surface area contributed by atoms with E-state index in [0.717, 1.165) is 49.7 Å². The first-order valence-electron chi connectivity index (χ1n) is 9.84. The molecule has 4 rings (SSSR count). The number of aryl methyl sites for hydroxylation is 1. The lowest BCUT2D eigenvalue weighted by molar-refractivity contribution is 0.222. The van der Waals surface area contributed by atoms with Gasteiger partial charge in [0, 0.05) is 23.4 Å². The highest BCUT2D eigenvalue weighted by atomic mass is 16.5. The zero-order valence-corrected chi connectivity index (χ0v) is 16.9. The number of H-pyrrole nitrogens is 2. The molecule has 0 saturated carbocycles. The summed E-state index contributed by atoms with van der Waals surface area (Å²) in [5, 5.41) is 7.80. The highest BCUT2D eigenvalue weighted by Gasteiger charge is 2.27. The van der Waals surface area contributed by atoms with Crippen LogP contribution in [0.5, 0.6) is 0 Å². The van der Waals surface area contributed by atoms with Crippen molar-refractivity contribution in [3.8, 4) is 11.4 Å². The largest absolute Gasteiger partial charge is 0.478 e. The topological polar surface area (TPSA) is 56.9 Å². The molecule has 144 valence electrons. The summed E-state index contributed by atoms with van der Waals surface area (Å²) in [6.45, 7) is 14.6. The first kappa shape index (κ1) is 18.0. The summed E-state index contributed by atoms with van der Waals surface area (Å²) in [5.74, 6) is 0.785. The molecule has 1 fully saturated rings. The second kappa shape index (κ2) is 6.63. The van der Waals surface area contributed by atoms with E-state index >= 15 is 0 Å². The Labute approximate surface area is 161 Å². The fourth-order valence-corrected chi connectivity index (χ4v) is 3.97. The summed E-state index contributed by atoms with van der Waals surface area (Å²) in [4.78, 5) is 5.88. The normalized spacial score (nSPS) is 19.5. The molecule has 5 nitrogen and oxygen atoms in total. The Morgan fingerprint density at radius 1 is 1.37 bits per heavy atom. The molecule has 2 aliphatic rings. The van der Waals surface area contributed by atoms with Crippen LogP contribution in [0.25, 0.3) is 17.5 Å². The zero-order chi connectivity index (χ0) is 19.2. The molecule has 2 aromatic rings. The van der Waals surface area contributed by atoms with Crippen molar-refractivity contribution in [2.45, 2.75) is 53.0 Å². The lowest BCUT2D eigenvalue weighted by Gasteiger charge is -2.27. The van der Waals surface area contributed by atoms with E-state index in [-0.39, 0.29) is 0 Å². The van der Waals surface area contributed by atoms with E-state index in [0.29, 0.717) is 11.5 Å². The predicted molar refractivity (Wildman–Crippen MR) is 109 cm³/mol. The molecular formula is C22H30N4O. The molecule has 5 heteroatoms. The van der Waals surface area contributed by atoms with Crippen LogP contribution in [0.2, 0.25) is 0 Å². The molecular weight excluding hydrogens is 336 g/mol. The van der Waals surface area contributed by atoms with Crippen LogP contribution in [-0.2, 0) is 17.6 Å². The molecule has 3 heterocycles. The Kier molecular flexibility index (Phi) is 4.41. The average molecular weight is 367 g/mol. The number of nitrogens with zero attached hydrogens (tertiary/aromatic N) is 2. The number of rotatable bonds is 4. The third-order valence-electron chi connectivity index (χ3n) is 5.62. The number of hydrogen-bond acceptors (Lipinski definition) is 3. The maximum absolute atomic E-state index is 5.53. The fourth-order valence-electron chi connectivity index (χ4n) is 3.97. The smallest absolute Gasteiger partial charge is 0.182 e. The first-order chi connectivity index (χ1) is 12.8. The van der Waals surface area contributed by atoms with E-state index in [2.05, 4.69) is 72.6 Å². The third-order valence-corrected chi connectivity index (χ3v) is 5.62. The Morgan fingerprint density at radius 3 is 2.89 bits per heavy atom. The van der Waals surface area contributed by atoms with Gasteiger partial charge in [0.25, 0.3) is 0 Å². The molecule has 0 spiro atoms. The minimum atomic E-state index is 0.306. The molecule has 0 aromatic carbocycles. The van der Waals surface area contributed by atoms with E-state index in [1.807, 2.05) is 0 Å². The van der Waals surface area contributed by atoms with Crippen LogP contribution >= 0.6 is 0 Å². The van der Waals surface area contributed by atoms with Crippen molar-refractivity contribution in [3.05, 3.63) is 47.1 Å². The number of ether oxygens (including phenoxy) is 1. The van der Waals surface area contributed by atoms with Gasteiger partial charge in [-0.3, -0.25) is 5.10 Å². The minimum absolute atomic E-state index is 0.306. The molecule has 1 atom stereocenters. The van der Waals surface area contributed by atoms with Gasteiger partial charge in [0.05, 0.1) is 18.3 Å². The van der Waals surface area contributed by atoms with Gasteiger partial charge in [-0.15, -0.1) is 0 Å². The van der Waals surface area contributed by atoms with Gasteiger partial charge >= 0.3 is 0 Å². The Bertz CT molecular complexity index is 881. The summed E-state index contributed by atoms with van der Waals surface area (Å²) in [5.41, 5.74) is 7.49. The summed E-state index contributed by atoms with van der Waals surface area (Å²) in [6.07, 6.45) is 7.59. The highest BCUT2D eigenvalue weighted by molar-refractivity contribution is 5.68. The van der Waals surface area contributed by atoms with Crippen LogP contribution in [0, 0.1) is 12.3 Å². The Morgan fingerprint density at radius 2 is 2.19 bits per heavy atom. The quantitative estimate of drug-likeness (QED) is 0.841. The summed E-state index contributed by atoms with van der Waals surface area (Å²) in [7, 11) is 0. The zero-order valence-electron chi connectivity index (χ0n) is 16.9. The van der Waals surface area contributed by atoms with Crippen molar-refractivity contribution in [3.63, 3.8) is 0 Å². The van der Waals surface area contributed by atoms with Gasteiger partial charge in [-0.1, -0.05) is 32.9 Å². The van der Waals surface area contributed by atoms with Crippen LogP contribution in [0.15, 0.2) is 24.6 Å². The molecule has 2 N–H and O–H groups in total. The Hall–Kier alpha value is -2.43. The maximum atomic E-state index is 5.53. The second-order valence-corrected chi connectivity index (χ2v) is 8.92. The summed E-state index contributed by atoms with van der Waals surface area (Å²) in [6, 6.07) is 2.54. The van der Waals surface area contributed by atoms with Crippen LogP contribution in [-0.4, -0.2) is 39.3 Å². The lowest BCUT2D eigenvalue weighted by Crippen LogP contribution is -2.33. The van der Waals surface area contributed by atoms with Crippen LogP contribution in [0.3, 0.4) is 0 Å². The van der Waals surface area contributed by atoms with Gasteiger partial charge in [-0.05, 0) is 43.4 Å². The van der Waals surface area contributed by atoms with Gasteiger partial charge < -0.3 is 14.6 Å². The monoisotopic (exact) mass is 366 g/mol. The van der Waals surface area contributed by atoms with Gasteiger partial charge in [0.1, 0.15) is 12.3 Å². The van der Waals surface area contributed by atoms with Crippen LogP contribution in [0.1, 0.15) is 49.7 Å². The van der Waals surface area contributed by atoms with Crippen molar-refractivity contribution in [2.24, 2.45) is 5.41 Å². The number of aromatic amines is 2. The van der Waals surface area contributed by atoms with E-state index in [4.69, 9.17) is 4.74 Å². The van der Waals surface area contributed by atoms with Gasteiger partial charge in [0.2, 0.25) is 0 Å². The van der Waals surface area contributed by atoms with Gasteiger partial charge in [-0.25, -0.2) is 0 Å². The Balaban J connectivity index is 1.57. The molecule has 0 bridgehead atoms. The van der Waals surface area contributed by atoms with Crippen molar-refractivity contribution in [1.82, 2.24) is 20.1 Å². The standard InChI is InChI=1S/C22H30N4O/c1-14-18(8-9-22(3,4)5)21(25-24-14)20-12-16-6-7-17(13-19(16)23-20)26-10-11-27-15(26)2/h6-7,12,17,23H,2,8-11,13H2,1,3-5H3,(H,24,25). The van der Waals surface area contributed by atoms with Crippen molar-refractivity contribution in [1.29, 1.82) is 0 Å². The van der Waals surface area contributed by atoms with Crippen molar-refractivity contribution >= 4 is 6.08 Å². The molecule has 1 unspecified atom stereocenters. The van der Waals surface area contributed by atoms with Crippen LogP contribution in [0.4, 0.5) is 0 Å². The third kappa shape index (κ3) is 3.55. The van der Waals surface area contributed by atoms with E-state index in [1.54, 1.807) is 0 Å². The maximum Gasteiger partial charge on any atom is 0.182 e. The van der Waals surface area contributed by atoms with Gasteiger partial charge in [0.15, 0.2) is 5.88 Å². The first-order valence-corrected chi connectivity index (χ1v) is 9.84. The molecule has 2 aromatic heterocycles. The lowest BCUT2D eigenvalue weighted by atomic mass is 9.88. The fraction of sp³-hybridized carbons (Fsp3) is 0.500. The summed E-state index contributed by atoms with van der Waals surface area (Å²) >= 11 is 0. The highest BCUT2D eigenvalue weighted by Crippen LogP contribution is 2.32. The van der Waals surface area contributed by atoms with Gasteiger partial charge in [-0.2, -0.15) is 5.10 Å². The van der Waals surface area contributed by atoms with Crippen molar-refractivity contribution < 1.29 is 4.74 Å². The van der Waals surface area contributed by atoms with E-state index < -0.39 is 0 Å². The SMILES string of the molecule is C=C1OCCN1C1C=Cc2cc(-c3n[nH]c(C)c3CCC(C)(C)C)[nH]c2C1. The number of nitrogens with one attached hydrogen (secondary N) is 2. The van der Waals surface area contributed by atoms with E-state index in [1.165, 1.54) is 22.5 Å². The summed E-state index contributed by atoms with van der Waals surface area (Å²) < 4.78 is 5.53. The minimum Gasteiger partial charge on any atom is -0.478 e. The molecule has 1 aliphatic heterocycles. The molecule has 1 aliphatic carbocycles. The van der Waals surface area contributed by atoms with E-state index in [9.17, 15) is 0 Å². The molecule has 0 radical (unpaired) electrons. The second-order valence-electron chi connectivity index (χ2n) is 8.92. The molecule has 27 heavy (non-hydrogen) atoms. The van der Waals surface area contributed by atoms with Crippen molar-refractivity contribution in [2.75, 3.05) is 13.2 Å². The van der Waals surface area contributed by atoms with Crippen LogP contribution < -0.4 is 0 Å². The number of hydrogen-bond donors (Lipinski definition) is 2. The average Bonchev–Trinajstić information content (AvgIpc) is 3.29. The number of aromatic nitrogens is 3. The predicted octanol–water partition coefficient (Wildman–Crippen LogP) is 4.43. The number of fused-ring (bicyclic) bond motifs is 1.